The van der Waals surface area contributed by atoms with Gasteiger partial charge in [0.2, 0.25) is 0 Å². The van der Waals surface area contributed by atoms with Crippen LogP contribution in [-0.4, -0.2) is 14.8 Å². The summed E-state index contributed by atoms with van der Waals surface area (Å²) in [4.78, 5) is 4.41. The lowest BCUT2D eigenvalue weighted by Crippen LogP contribution is -1.90. The molecule has 2 aromatic heterocycles. The van der Waals surface area contributed by atoms with Crippen LogP contribution in [0.5, 0.6) is 0 Å². The summed E-state index contributed by atoms with van der Waals surface area (Å²) in [5.74, 6) is 0. The van der Waals surface area contributed by atoms with Gasteiger partial charge in [-0.1, -0.05) is 19.9 Å². The summed E-state index contributed by atoms with van der Waals surface area (Å²) in [6.07, 6.45) is 1.92. The summed E-state index contributed by atoms with van der Waals surface area (Å²) in [5.41, 5.74) is 2.79. The van der Waals surface area contributed by atoms with Gasteiger partial charge in [0.1, 0.15) is 5.69 Å². The molecular weight excluding hydrogens is 266 g/mol. The van der Waals surface area contributed by atoms with Crippen molar-refractivity contribution >= 4 is 15.9 Å². The Labute approximate surface area is 105 Å². The van der Waals surface area contributed by atoms with Crippen molar-refractivity contribution < 1.29 is 0 Å². The fourth-order valence-electron chi connectivity index (χ4n) is 1.31. The molecule has 0 aliphatic heterocycles. The number of nitrogens with zero attached hydrogens (tertiary/aromatic N) is 3. The fraction of sp³-hybridized carbons (Fsp3) is 0.333. The third-order valence-electron chi connectivity index (χ3n) is 1.92. The molecule has 0 radical (unpaired) electrons. The summed E-state index contributed by atoms with van der Waals surface area (Å²) in [5, 5.41) is 4.33. The van der Waals surface area contributed by atoms with Gasteiger partial charge >= 0.3 is 0 Å². The molecule has 0 bridgehead atoms. The molecule has 0 saturated carbocycles. The van der Waals surface area contributed by atoms with E-state index in [-0.39, 0.29) is 0 Å². The topological polar surface area (TPSA) is 30.7 Å². The van der Waals surface area contributed by atoms with Crippen LogP contribution in [-0.2, 0) is 7.05 Å². The first-order valence-corrected chi connectivity index (χ1v) is 6.09. The van der Waals surface area contributed by atoms with E-state index in [2.05, 4.69) is 26.0 Å². The first-order valence-electron chi connectivity index (χ1n) is 5.30. The Hall–Kier alpha value is -1.16. The average Bonchev–Trinajstić information content (AvgIpc) is 2.61. The molecule has 2 rings (SSSR count). The SMILES string of the molecule is CC.Cc1cccc(-c2nn(C)cc2Br)n1. The van der Waals surface area contributed by atoms with E-state index < -0.39 is 0 Å². The summed E-state index contributed by atoms with van der Waals surface area (Å²) in [6, 6.07) is 5.92. The van der Waals surface area contributed by atoms with Crippen LogP contribution in [0, 0.1) is 6.92 Å². The minimum atomic E-state index is 0.885. The largest absolute Gasteiger partial charge is 0.274 e. The molecule has 0 unspecified atom stereocenters. The summed E-state index contributed by atoms with van der Waals surface area (Å²) >= 11 is 3.46. The molecule has 2 aromatic rings. The molecular formula is C12H16BrN3. The zero-order valence-electron chi connectivity index (χ0n) is 10.0. The van der Waals surface area contributed by atoms with Gasteiger partial charge in [-0.15, -0.1) is 0 Å². The van der Waals surface area contributed by atoms with Gasteiger partial charge in [0.05, 0.1) is 10.2 Å². The van der Waals surface area contributed by atoms with Crippen molar-refractivity contribution in [2.45, 2.75) is 20.8 Å². The Morgan fingerprint density at radius 1 is 1.25 bits per heavy atom. The van der Waals surface area contributed by atoms with Crippen LogP contribution >= 0.6 is 15.9 Å². The highest BCUT2D eigenvalue weighted by molar-refractivity contribution is 9.10. The van der Waals surface area contributed by atoms with E-state index in [1.807, 2.05) is 52.2 Å². The smallest absolute Gasteiger partial charge is 0.125 e. The number of rotatable bonds is 1. The predicted molar refractivity (Wildman–Crippen MR) is 70.2 cm³/mol. The first-order chi connectivity index (χ1) is 7.66. The van der Waals surface area contributed by atoms with Crippen LogP contribution in [0.25, 0.3) is 11.4 Å². The van der Waals surface area contributed by atoms with Crippen LogP contribution in [0.1, 0.15) is 19.5 Å². The summed E-state index contributed by atoms with van der Waals surface area (Å²) in [6.45, 7) is 5.97. The molecule has 0 saturated heterocycles. The number of aryl methyl sites for hydroxylation is 2. The second-order valence-corrected chi connectivity index (χ2v) is 4.02. The van der Waals surface area contributed by atoms with Crippen molar-refractivity contribution in [1.29, 1.82) is 0 Å². The van der Waals surface area contributed by atoms with Crippen LogP contribution in [0.15, 0.2) is 28.9 Å². The van der Waals surface area contributed by atoms with Crippen LogP contribution in [0.3, 0.4) is 0 Å². The number of hydrogen-bond acceptors (Lipinski definition) is 2. The normalized spacial score (nSPS) is 9.56. The fourth-order valence-corrected chi connectivity index (χ4v) is 1.89. The van der Waals surface area contributed by atoms with Crippen molar-refractivity contribution in [3.05, 3.63) is 34.6 Å². The molecule has 3 nitrogen and oxygen atoms in total. The number of hydrogen-bond donors (Lipinski definition) is 0. The molecule has 0 fully saturated rings. The second-order valence-electron chi connectivity index (χ2n) is 3.16. The van der Waals surface area contributed by atoms with E-state index in [0.717, 1.165) is 21.6 Å². The van der Waals surface area contributed by atoms with Crippen LogP contribution < -0.4 is 0 Å². The standard InChI is InChI=1S/C10H10BrN3.C2H6/c1-7-4-3-5-9(12-7)10-8(11)6-14(2)13-10;1-2/h3-6H,1-2H3;1-2H3. The van der Waals surface area contributed by atoms with E-state index >= 15 is 0 Å². The van der Waals surface area contributed by atoms with Crippen LogP contribution in [0.4, 0.5) is 0 Å². The third-order valence-corrected chi connectivity index (χ3v) is 2.50. The minimum Gasteiger partial charge on any atom is -0.274 e. The highest BCUT2D eigenvalue weighted by atomic mass is 79.9. The lowest BCUT2D eigenvalue weighted by molar-refractivity contribution is 0.769. The number of pyridine rings is 1. The minimum absolute atomic E-state index is 0.885. The molecule has 0 aliphatic rings. The van der Waals surface area contributed by atoms with Crippen molar-refractivity contribution in [3.63, 3.8) is 0 Å². The molecule has 4 heteroatoms. The Morgan fingerprint density at radius 3 is 2.44 bits per heavy atom. The van der Waals surface area contributed by atoms with Gasteiger partial charge in [-0.3, -0.25) is 9.67 Å². The molecule has 2 heterocycles. The number of aromatic nitrogens is 3. The maximum atomic E-state index is 4.41. The van der Waals surface area contributed by atoms with Gasteiger partial charge in [-0.25, -0.2) is 0 Å². The predicted octanol–water partition coefficient (Wildman–Crippen LogP) is 3.58. The van der Waals surface area contributed by atoms with Gasteiger partial charge in [-0.2, -0.15) is 5.10 Å². The Morgan fingerprint density at radius 2 is 1.94 bits per heavy atom. The highest BCUT2D eigenvalue weighted by Gasteiger charge is 2.08. The van der Waals surface area contributed by atoms with E-state index in [1.54, 1.807) is 4.68 Å². The molecule has 0 N–H and O–H groups in total. The maximum absolute atomic E-state index is 4.41. The van der Waals surface area contributed by atoms with Gasteiger partial charge in [0.25, 0.3) is 0 Å². The Bertz CT molecular complexity index is 463. The molecule has 0 aliphatic carbocycles. The molecule has 0 atom stereocenters. The van der Waals surface area contributed by atoms with Crippen molar-refractivity contribution in [2.24, 2.45) is 7.05 Å². The third kappa shape index (κ3) is 2.92. The maximum Gasteiger partial charge on any atom is 0.125 e. The summed E-state index contributed by atoms with van der Waals surface area (Å²) in [7, 11) is 1.89. The van der Waals surface area contributed by atoms with E-state index in [4.69, 9.17) is 0 Å². The lowest BCUT2D eigenvalue weighted by Gasteiger charge is -1.97. The number of halogens is 1. The average molecular weight is 282 g/mol. The van der Waals surface area contributed by atoms with E-state index in [9.17, 15) is 0 Å². The molecule has 0 aromatic carbocycles. The van der Waals surface area contributed by atoms with Gasteiger partial charge in [0.15, 0.2) is 0 Å². The van der Waals surface area contributed by atoms with Crippen molar-refractivity contribution in [1.82, 2.24) is 14.8 Å². The van der Waals surface area contributed by atoms with E-state index in [0.29, 0.717) is 0 Å². The Kier molecular flexibility index (Phi) is 4.68. The monoisotopic (exact) mass is 281 g/mol. The highest BCUT2D eigenvalue weighted by Crippen LogP contribution is 2.24. The quantitative estimate of drug-likeness (QED) is 0.800. The second kappa shape index (κ2) is 5.80. The molecule has 16 heavy (non-hydrogen) atoms. The lowest BCUT2D eigenvalue weighted by atomic mass is 10.2. The molecule has 86 valence electrons. The van der Waals surface area contributed by atoms with Crippen molar-refractivity contribution in [2.75, 3.05) is 0 Å². The molecule has 0 spiro atoms. The molecule has 0 amide bonds. The van der Waals surface area contributed by atoms with Crippen LogP contribution in [0.2, 0.25) is 0 Å². The van der Waals surface area contributed by atoms with Gasteiger partial charge < -0.3 is 0 Å². The van der Waals surface area contributed by atoms with Gasteiger partial charge in [0, 0.05) is 18.9 Å². The van der Waals surface area contributed by atoms with Gasteiger partial charge in [-0.05, 0) is 35.0 Å². The summed E-state index contributed by atoms with van der Waals surface area (Å²) < 4.78 is 2.74. The zero-order chi connectivity index (χ0) is 12.1. The zero-order valence-corrected chi connectivity index (χ0v) is 11.6. The Balaban J connectivity index is 0.000000606. The first kappa shape index (κ1) is 12.9. The van der Waals surface area contributed by atoms with E-state index in [1.165, 1.54) is 0 Å². The van der Waals surface area contributed by atoms with Crippen molar-refractivity contribution in [3.8, 4) is 11.4 Å².